The van der Waals surface area contributed by atoms with Gasteiger partial charge in [-0.25, -0.2) is 0 Å². The minimum atomic E-state index is -0.508. The highest BCUT2D eigenvalue weighted by Gasteiger charge is 2.10. The zero-order valence-corrected chi connectivity index (χ0v) is 9.10. The third-order valence-corrected chi connectivity index (χ3v) is 1.91. The first-order valence-electron chi connectivity index (χ1n) is 5.03. The van der Waals surface area contributed by atoms with E-state index in [1.165, 1.54) is 0 Å². The van der Waals surface area contributed by atoms with Crippen molar-refractivity contribution in [1.29, 1.82) is 0 Å². The smallest absolute Gasteiger partial charge is 0.256 e. The van der Waals surface area contributed by atoms with E-state index in [1.54, 1.807) is 0 Å². The Morgan fingerprint density at radius 1 is 1.47 bits per heavy atom. The summed E-state index contributed by atoms with van der Waals surface area (Å²) in [5, 5.41) is 20.3. The Balaban J connectivity index is 2.44. The van der Waals surface area contributed by atoms with Crippen LogP contribution in [0.3, 0.4) is 0 Å². The summed E-state index contributed by atoms with van der Waals surface area (Å²) < 4.78 is 4.93. The van der Waals surface area contributed by atoms with E-state index in [0.717, 1.165) is 12.3 Å². The Morgan fingerprint density at radius 3 is 2.88 bits per heavy atom. The van der Waals surface area contributed by atoms with Crippen LogP contribution in [-0.4, -0.2) is 47.5 Å². The summed E-state index contributed by atoms with van der Waals surface area (Å²) in [7, 11) is 0. The molecule has 1 amide bonds. The molecule has 0 unspecified atom stereocenters. The first kappa shape index (κ1) is 13.2. The van der Waals surface area contributed by atoms with Gasteiger partial charge in [0.05, 0.1) is 25.4 Å². The van der Waals surface area contributed by atoms with Crippen LogP contribution in [-0.2, 0) is 4.74 Å². The number of pyridine rings is 1. The largest absolute Gasteiger partial charge is 0.507 e. The molecular weight excluding hydrogens is 228 g/mol. The number of nitrogens with one attached hydrogen (secondary N) is 2. The van der Waals surface area contributed by atoms with Gasteiger partial charge in [-0.3, -0.25) is 9.59 Å². The van der Waals surface area contributed by atoms with Gasteiger partial charge in [-0.15, -0.1) is 0 Å². The van der Waals surface area contributed by atoms with E-state index in [1.807, 2.05) is 0 Å². The number of carbonyl (C=O) groups is 1. The first-order valence-corrected chi connectivity index (χ1v) is 5.03. The van der Waals surface area contributed by atoms with Gasteiger partial charge in [0.25, 0.3) is 11.5 Å². The van der Waals surface area contributed by atoms with Crippen LogP contribution < -0.4 is 10.9 Å². The van der Waals surface area contributed by atoms with Crippen molar-refractivity contribution in [2.24, 2.45) is 0 Å². The highest BCUT2D eigenvalue weighted by atomic mass is 16.5. The standard InChI is InChI=1S/C10H14N2O5/c13-2-4-17-3-1-11-10(16)7-6-12-9(15)5-8(7)14/h5-6,13H,1-4H2,(H,11,16)(H2,12,14,15). The first-order chi connectivity index (χ1) is 8.15. The van der Waals surface area contributed by atoms with Gasteiger partial charge in [-0.05, 0) is 0 Å². The molecule has 94 valence electrons. The minimum Gasteiger partial charge on any atom is -0.507 e. The number of amides is 1. The maximum atomic E-state index is 11.5. The van der Waals surface area contributed by atoms with Crippen LogP contribution in [0.4, 0.5) is 0 Å². The number of H-pyrrole nitrogens is 1. The highest BCUT2D eigenvalue weighted by Crippen LogP contribution is 2.11. The molecule has 1 aromatic rings. The van der Waals surface area contributed by atoms with Gasteiger partial charge in [-0.2, -0.15) is 0 Å². The molecule has 1 rings (SSSR count). The van der Waals surface area contributed by atoms with E-state index in [9.17, 15) is 14.7 Å². The molecule has 0 radical (unpaired) electrons. The Bertz CT molecular complexity index is 429. The summed E-state index contributed by atoms with van der Waals surface area (Å²) in [6, 6.07) is 0.928. The minimum absolute atomic E-state index is 0.00763. The quantitative estimate of drug-likeness (QED) is 0.469. The van der Waals surface area contributed by atoms with Gasteiger partial charge in [0, 0.05) is 18.8 Å². The third-order valence-electron chi connectivity index (χ3n) is 1.91. The highest BCUT2D eigenvalue weighted by molar-refractivity contribution is 5.96. The molecule has 0 aliphatic rings. The summed E-state index contributed by atoms with van der Waals surface area (Å²) in [5.41, 5.74) is -0.489. The van der Waals surface area contributed by atoms with E-state index in [-0.39, 0.29) is 37.7 Å². The fraction of sp³-hybridized carbons (Fsp3) is 0.400. The summed E-state index contributed by atoms with van der Waals surface area (Å²) >= 11 is 0. The second-order valence-electron chi connectivity index (χ2n) is 3.19. The van der Waals surface area contributed by atoms with E-state index in [0.29, 0.717) is 0 Å². The van der Waals surface area contributed by atoms with Gasteiger partial charge in [0.15, 0.2) is 0 Å². The van der Waals surface area contributed by atoms with Gasteiger partial charge < -0.3 is 25.3 Å². The Kier molecular flexibility index (Phi) is 5.18. The molecule has 1 heterocycles. The number of ether oxygens (including phenoxy) is 1. The molecule has 0 fully saturated rings. The SMILES string of the molecule is O=C(NCCOCCO)c1c[nH]c(=O)cc1O. The van der Waals surface area contributed by atoms with Gasteiger partial charge in [-0.1, -0.05) is 0 Å². The van der Waals surface area contributed by atoms with E-state index >= 15 is 0 Å². The van der Waals surface area contributed by atoms with Crippen molar-refractivity contribution < 1.29 is 19.7 Å². The predicted molar refractivity (Wildman–Crippen MR) is 59.0 cm³/mol. The fourth-order valence-corrected chi connectivity index (χ4v) is 1.14. The topological polar surface area (TPSA) is 112 Å². The normalized spacial score (nSPS) is 10.2. The molecule has 0 aromatic carbocycles. The second-order valence-corrected chi connectivity index (χ2v) is 3.19. The zero-order chi connectivity index (χ0) is 12.7. The van der Waals surface area contributed by atoms with E-state index in [2.05, 4.69) is 10.3 Å². The summed E-state index contributed by atoms with van der Waals surface area (Å²) in [5.74, 6) is -0.881. The predicted octanol–water partition coefficient (Wildman–Crippen LogP) is -1.18. The van der Waals surface area contributed by atoms with Crippen molar-refractivity contribution in [3.8, 4) is 5.75 Å². The molecular formula is C10H14N2O5. The van der Waals surface area contributed by atoms with Crippen molar-refractivity contribution >= 4 is 5.91 Å². The molecule has 17 heavy (non-hydrogen) atoms. The number of aromatic amines is 1. The van der Waals surface area contributed by atoms with E-state index < -0.39 is 11.5 Å². The molecule has 0 spiro atoms. The number of carbonyl (C=O) groups excluding carboxylic acids is 1. The summed E-state index contributed by atoms with van der Waals surface area (Å²) in [4.78, 5) is 24.6. The van der Waals surface area contributed by atoms with Crippen LogP contribution in [0.5, 0.6) is 5.75 Å². The second kappa shape index (κ2) is 6.66. The van der Waals surface area contributed by atoms with Crippen molar-refractivity contribution in [3.05, 3.63) is 28.2 Å². The number of hydrogen-bond donors (Lipinski definition) is 4. The lowest BCUT2D eigenvalue weighted by atomic mass is 10.2. The molecule has 7 nitrogen and oxygen atoms in total. The summed E-state index contributed by atoms with van der Waals surface area (Å²) in [6.07, 6.45) is 1.14. The molecule has 1 aromatic heterocycles. The van der Waals surface area contributed by atoms with Crippen molar-refractivity contribution in [2.75, 3.05) is 26.4 Å². The van der Waals surface area contributed by atoms with Crippen LogP contribution in [0.1, 0.15) is 10.4 Å². The van der Waals surface area contributed by atoms with Gasteiger partial charge in [0.1, 0.15) is 5.75 Å². The van der Waals surface area contributed by atoms with Crippen molar-refractivity contribution in [2.45, 2.75) is 0 Å². The Morgan fingerprint density at radius 2 is 2.24 bits per heavy atom. The number of hydrogen-bond acceptors (Lipinski definition) is 5. The van der Waals surface area contributed by atoms with Crippen molar-refractivity contribution in [3.63, 3.8) is 0 Å². The maximum Gasteiger partial charge on any atom is 0.256 e. The number of aromatic nitrogens is 1. The monoisotopic (exact) mass is 242 g/mol. The third kappa shape index (κ3) is 4.25. The van der Waals surface area contributed by atoms with Crippen molar-refractivity contribution in [1.82, 2.24) is 10.3 Å². The molecule has 4 N–H and O–H groups in total. The van der Waals surface area contributed by atoms with Crippen LogP contribution in [0.25, 0.3) is 0 Å². The van der Waals surface area contributed by atoms with Crippen LogP contribution in [0, 0.1) is 0 Å². The Hall–Kier alpha value is -1.86. The zero-order valence-electron chi connectivity index (χ0n) is 9.10. The lowest BCUT2D eigenvalue weighted by molar-refractivity contribution is 0.0836. The molecule has 7 heteroatoms. The van der Waals surface area contributed by atoms with Crippen LogP contribution in [0.15, 0.2) is 17.1 Å². The van der Waals surface area contributed by atoms with Gasteiger partial charge >= 0.3 is 0 Å². The number of aliphatic hydroxyl groups excluding tert-OH is 1. The van der Waals surface area contributed by atoms with Crippen LogP contribution in [0.2, 0.25) is 0 Å². The molecule has 0 atom stereocenters. The molecule has 0 aliphatic heterocycles. The molecule has 0 saturated carbocycles. The average molecular weight is 242 g/mol. The molecule has 0 saturated heterocycles. The number of rotatable bonds is 6. The number of aliphatic hydroxyl groups is 1. The number of aromatic hydroxyl groups is 1. The molecule has 0 bridgehead atoms. The fourth-order valence-electron chi connectivity index (χ4n) is 1.14. The van der Waals surface area contributed by atoms with Crippen LogP contribution >= 0.6 is 0 Å². The maximum absolute atomic E-state index is 11.5. The summed E-state index contributed by atoms with van der Waals surface area (Å²) in [6.45, 7) is 0.641. The average Bonchev–Trinajstić information content (AvgIpc) is 2.28. The van der Waals surface area contributed by atoms with E-state index in [4.69, 9.17) is 9.84 Å². The Labute approximate surface area is 97.1 Å². The van der Waals surface area contributed by atoms with Gasteiger partial charge in [0.2, 0.25) is 0 Å². The lowest BCUT2D eigenvalue weighted by Crippen LogP contribution is -2.28. The molecule has 0 aliphatic carbocycles. The lowest BCUT2D eigenvalue weighted by Gasteiger charge is -2.06.